The van der Waals surface area contributed by atoms with E-state index >= 15 is 0 Å². The van der Waals surface area contributed by atoms with Crippen molar-refractivity contribution in [3.8, 4) is 0 Å². The van der Waals surface area contributed by atoms with Crippen LogP contribution in [0, 0.1) is 5.95 Å². The summed E-state index contributed by atoms with van der Waals surface area (Å²) in [6.45, 7) is 5.98. The molecule has 1 heterocycles. The monoisotopic (exact) mass is 229 g/mol. The van der Waals surface area contributed by atoms with Gasteiger partial charge >= 0.3 is 7.12 Å². The molecular weight excluding hydrogens is 216 g/mol. The third kappa shape index (κ3) is 3.81. The number of pyridine rings is 1. The van der Waals surface area contributed by atoms with Crippen LogP contribution in [-0.4, -0.2) is 26.9 Å². The number of aromatic nitrogens is 1. The van der Waals surface area contributed by atoms with Gasteiger partial charge in [0.25, 0.3) is 0 Å². The van der Waals surface area contributed by atoms with Gasteiger partial charge in [0.2, 0.25) is 5.95 Å². The van der Waals surface area contributed by atoms with Crippen LogP contribution in [0.2, 0.25) is 0 Å². The molecule has 1 rings (SSSR count). The summed E-state index contributed by atoms with van der Waals surface area (Å²) < 4.78 is 13.2. The van der Waals surface area contributed by atoms with E-state index in [0.29, 0.717) is 5.03 Å². The van der Waals surface area contributed by atoms with Crippen LogP contribution in [0.3, 0.4) is 0 Å². The van der Waals surface area contributed by atoms with Crippen molar-refractivity contribution in [2.75, 3.05) is 0 Å². The molecule has 0 aromatic carbocycles. The number of nitrogens with zero attached hydrogens (tertiary/aromatic N) is 1. The second-order valence-corrected chi connectivity index (χ2v) is 5.96. The third-order valence-electron chi connectivity index (χ3n) is 1.54. The van der Waals surface area contributed by atoms with Gasteiger partial charge in [-0.25, -0.2) is 4.98 Å². The Kier molecular flexibility index (Phi) is 3.75. The van der Waals surface area contributed by atoms with Crippen LogP contribution in [-0.2, 0) is 0 Å². The van der Waals surface area contributed by atoms with E-state index in [2.05, 4.69) is 4.98 Å². The molecule has 0 bridgehead atoms. The van der Waals surface area contributed by atoms with E-state index < -0.39 is 13.1 Å². The van der Waals surface area contributed by atoms with Crippen molar-refractivity contribution in [3.05, 3.63) is 18.1 Å². The number of hydrogen-bond donors (Lipinski definition) is 2. The molecule has 2 N–H and O–H groups in total. The van der Waals surface area contributed by atoms with E-state index in [1.54, 1.807) is 6.07 Å². The van der Waals surface area contributed by atoms with Crippen LogP contribution in [0.1, 0.15) is 20.8 Å². The topological polar surface area (TPSA) is 53.4 Å². The van der Waals surface area contributed by atoms with E-state index in [1.165, 1.54) is 17.8 Å². The lowest BCUT2D eigenvalue weighted by molar-refractivity contribution is 0.421. The molecule has 6 heteroatoms. The standard InChI is InChI=1S/C9H13BFNO2S/c1-9(2,3)15-7-5-4-6(10(13)14)8(11)12-7/h4-5,13-14H,1-3H3. The highest BCUT2D eigenvalue weighted by atomic mass is 32.2. The summed E-state index contributed by atoms with van der Waals surface area (Å²) >= 11 is 1.42. The summed E-state index contributed by atoms with van der Waals surface area (Å²) in [7, 11) is -1.81. The van der Waals surface area contributed by atoms with Gasteiger partial charge in [0.15, 0.2) is 0 Å². The summed E-state index contributed by atoms with van der Waals surface area (Å²) in [6, 6.07) is 2.91. The molecule has 0 saturated heterocycles. The smallest absolute Gasteiger partial charge is 0.423 e. The maximum atomic E-state index is 13.2. The quantitative estimate of drug-likeness (QED) is 0.447. The minimum Gasteiger partial charge on any atom is -0.423 e. The van der Waals surface area contributed by atoms with Crippen molar-refractivity contribution in [1.29, 1.82) is 0 Å². The molecule has 82 valence electrons. The second kappa shape index (κ2) is 4.51. The van der Waals surface area contributed by atoms with Crippen LogP contribution < -0.4 is 5.46 Å². The van der Waals surface area contributed by atoms with Gasteiger partial charge in [0.1, 0.15) is 0 Å². The number of halogens is 1. The first kappa shape index (κ1) is 12.5. The number of rotatable bonds is 2. The lowest BCUT2D eigenvalue weighted by Gasteiger charge is -2.16. The summed E-state index contributed by atoms with van der Waals surface area (Å²) in [5, 5.41) is 18.1. The molecular formula is C9H13BFNO2S. The normalized spacial score (nSPS) is 11.6. The van der Waals surface area contributed by atoms with Crippen LogP contribution >= 0.6 is 11.8 Å². The maximum absolute atomic E-state index is 13.2. The van der Waals surface area contributed by atoms with Crippen molar-refractivity contribution in [1.82, 2.24) is 4.98 Å². The van der Waals surface area contributed by atoms with Gasteiger partial charge in [-0.3, -0.25) is 0 Å². The molecule has 0 spiro atoms. The van der Waals surface area contributed by atoms with Crippen molar-refractivity contribution in [2.24, 2.45) is 0 Å². The van der Waals surface area contributed by atoms with Gasteiger partial charge in [-0.15, -0.1) is 11.8 Å². The Hall–Kier alpha value is -0.585. The Bertz CT molecular complexity index is 354. The first-order valence-corrected chi connectivity index (χ1v) is 5.33. The Morgan fingerprint density at radius 3 is 2.33 bits per heavy atom. The number of thioether (sulfide) groups is 1. The van der Waals surface area contributed by atoms with Crippen molar-refractivity contribution >= 4 is 24.3 Å². The first-order chi connectivity index (χ1) is 6.79. The van der Waals surface area contributed by atoms with Gasteiger partial charge in [-0.05, 0) is 6.07 Å². The molecule has 0 saturated carbocycles. The lowest BCUT2D eigenvalue weighted by Crippen LogP contribution is -2.33. The predicted octanol–water partition coefficient (Wildman–Crippen LogP) is 0.791. The zero-order valence-electron chi connectivity index (χ0n) is 8.86. The molecule has 0 atom stereocenters. The largest absolute Gasteiger partial charge is 0.493 e. The highest BCUT2D eigenvalue weighted by Gasteiger charge is 2.19. The zero-order valence-corrected chi connectivity index (χ0v) is 9.68. The Morgan fingerprint density at radius 2 is 1.93 bits per heavy atom. The van der Waals surface area contributed by atoms with Crippen LogP contribution in [0.4, 0.5) is 4.39 Å². The second-order valence-electron chi connectivity index (χ2n) is 4.12. The minimum absolute atomic E-state index is 0.0568. The van der Waals surface area contributed by atoms with Crippen molar-refractivity contribution < 1.29 is 14.4 Å². The molecule has 0 unspecified atom stereocenters. The third-order valence-corrected chi connectivity index (χ3v) is 2.59. The SMILES string of the molecule is CC(C)(C)Sc1ccc(B(O)O)c(F)n1. The fourth-order valence-electron chi connectivity index (χ4n) is 0.992. The summed E-state index contributed by atoms with van der Waals surface area (Å²) in [5.74, 6) is -0.834. The fourth-order valence-corrected chi connectivity index (χ4v) is 1.88. The van der Waals surface area contributed by atoms with Crippen LogP contribution in [0.5, 0.6) is 0 Å². The van der Waals surface area contributed by atoms with Gasteiger partial charge in [0.05, 0.1) is 5.03 Å². The van der Waals surface area contributed by atoms with Crippen LogP contribution in [0.15, 0.2) is 17.2 Å². The van der Waals surface area contributed by atoms with E-state index in [4.69, 9.17) is 10.0 Å². The zero-order chi connectivity index (χ0) is 11.6. The molecule has 0 aliphatic heterocycles. The Morgan fingerprint density at radius 1 is 1.33 bits per heavy atom. The van der Waals surface area contributed by atoms with E-state index in [1.807, 2.05) is 20.8 Å². The molecule has 1 aromatic heterocycles. The molecule has 0 amide bonds. The van der Waals surface area contributed by atoms with Crippen molar-refractivity contribution in [3.63, 3.8) is 0 Å². The average Bonchev–Trinajstić information content (AvgIpc) is 1.99. The average molecular weight is 229 g/mol. The molecule has 1 aromatic rings. The molecule has 3 nitrogen and oxygen atoms in total. The fraction of sp³-hybridized carbons (Fsp3) is 0.444. The van der Waals surface area contributed by atoms with Gasteiger partial charge in [-0.1, -0.05) is 26.8 Å². The minimum atomic E-state index is -1.81. The van der Waals surface area contributed by atoms with Crippen molar-refractivity contribution in [2.45, 2.75) is 30.5 Å². The Balaban J connectivity index is 2.92. The summed E-state index contributed by atoms with van der Waals surface area (Å²) in [4.78, 5) is 3.66. The summed E-state index contributed by atoms with van der Waals surface area (Å²) in [6.07, 6.45) is 0. The molecule has 0 aliphatic carbocycles. The van der Waals surface area contributed by atoms with E-state index in [-0.39, 0.29) is 10.2 Å². The van der Waals surface area contributed by atoms with E-state index in [0.717, 1.165) is 0 Å². The highest BCUT2D eigenvalue weighted by Crippen LogP contribution is 2.29. The van der Waals surface area contributed by atoms with Crippen LogP contribution in [0.25, 0.3) is 0 Å². The summed E-state index contributed by atoms with van der Waals surface area (Å²) in [5.41, 5.74) is -0.201. The van der Waals surface area contributed by atoms with Gasteiger partial charge < -0.3 is 10.0 Å². The van der Waals surface area contributed by atoms with Gasteiger partial charge in [-0.2, -0.15) is 4.39 Å². The molecule has 0 radical (unpaired) electrons. The maximum Gasteiger partial charge on any atom is 0.493 e. The van der Waals surface area contributed by atoms with E-state index in [9.17, 15) is 4.39 Å². The highest BCUT2D eigenvalue weighted by molar-refractivity contribution is 8.00. The molecule has 0 aliphatic rings. The predicted molar refractivity (Wildman–Crippen MR) is 59.6 cm³/mol. The Labute approximate surface area is 92.9 Å². The van der Waals surface area contributed by atoms with Gasteiger partial charge in [0, 0.05) is 10.2 Å². The lowest BCUT2D eigenvalue weighted by atomic mass is 9.81. The molecule has 0 fully saturated rings. The first-order valence-electron chi connectivity index (χ1n) is 4.51. The molecule has 15 heavy (non-hydrogen) atoms. The number of hydrogen-bond acceptors (Lipinski definition) is 4.